The van der Waals surface area contributed by atoms with Crippen LogP contribution in [0.4, 0.5) is 4.79 Å². The summed E-state index contributed by atoms with van der Waals surface area (Å²) in [6.45, 7) is 1.74. The van der Waals surface area contributed by atoms with Gasteiger partial charge < -0.3 is 20.1 Å². The van der Waals surface area contributed by atoms with E-state index in [0.717, 1.165) is 25.7 Å². The zero-order valence-corrected chi connectivity index (χ0v) is 15.5. The van der Waals surface area contributed by atoms with Crippen molar-refractivity contribution >= 4 is 12.0 Å². The van der Waals surface area contributed by atoms with Crippen molar-refractivity contribution in [3.8, 4) is 0 Å². The number of methoxy groups -OCH3 is 1. The smallest absolute Gasteiger partial charge is 0.317 e. The van der Waals surface area contributed by atoms with Gasteiger partial charge in [-0.3, -0.25) is 4.79 Å². The first-order valence-corrected chi connectivity index (χ1v) is 9.41. The van der Waals surface area contributed by atoms with Crippen molar-refractivity contribution in [3.63, 3.8) is 0 Å². The number of hydrogen-bond donors (Lipinski definition) is 2. The van der Waals surface area contributed by atoms with E-state index in [9.17, 15) is 9.59 Å². The summed E-state index contributed by atoms with van der Waals surface area (Å²) in [7, 11) is 1.63. The Morgan fingerprint density at radius 1 is 1.15 bits per heavy atom. The molecule has 0 spiro atoms. The summed E-state index contributed by atoms with van der Waals surface area (Å²) in [5.74, 6) is -0.990. The summed E-state index contributed by atoms with van der Waals surface area (Å²) in [6.07, 6.45) is 4.54. The van der Waals surface area contributed by atoms with Crippen molar-refractivity contribution in [2.75, 3.05) is 26.8 Å². The van der Waals surface area contributed by atoms with E-state index in [0.29, 0.717) is 32.5 Å². The number of ether oxygens (including phenoxy) is 1. The Morgan fingerprint density at radius 3 is 2.46 bits per heavy atom. The molecule has 0 saturated heterocycles. The molecule has 0 unspecified atom stereocenters. The molecule has 26 heavy (non-hydrogen) atoms. The van der Waals surface area contributed by atoms with E-state index in [1.807, 2.05) is 18.2 Å². The Labute approximate surface area is 155 Å². The molecule has 0 radical (unpaired) electrons. The fourth-order valence-electron chi connectivity index (χ4n) is 3.39. The second kappa shape index (κ2) is 10.8. The molecule has 1 aromatic rings. The topological polar surface area (TPSA) is 78.9 Å². The third-order valence-electron chi connectivity index (χ3n) is 4.99. The number of rotatable bonds is 9. The van der Waals surface area contributed by atoms with Gasteiger partial charge in [0.05, 0.1) is 12.5 Å². The van der Waals surface area contributed by atoms with E-state index in [4.69, 9.17) is 9.84 Å². The number of carboxylic acids is 1. The summed E-state index contributed by atoms with van der Waals surface area (Å²) >= 11 is 0. The van der Waals surface area contributed by atoms with Gasteiger partial charge in [0, 0.05) is 26.2 Å². The Bertz CT molecular complexity index is 556. The Balaban J connectivity index is 1.79. The monoisotopic (exact) mass is 362 g/mol. The van der Waals surface area contributed by atoms with Crippen LogP contribution in [-0.2, 0) is 16.0 Å². The second-order valence-electron chi connectivity index (χ2n) is 6.91. The molecule has 6 heteroatoms. The number of benzene rings is 1. The summed E-state index contributed by atoms with van der Waals surface area (Å²) in [5.41, 5.74) is 1.27. The molecule has 2 N–H and O–H groups in total. The molecule has 0 aromatic heterocycles. The molecule has 2 amide bonds. The third-order valence-corrected chi connectivity index (χ3v) is 4.99. The van der Waals surface area contributed by atoms with Gasteiger partial charge in [-0.2, -0.15) is 0 Å². The summed E-state index contributed by atoms with van der Waals surface area (Å²) in [4.78, 5) is 25.5. The molecular formula is C20H30N2O4. The molecule has 0 atom stereocenters. The van der Waals surface area contributed by atoms with Gasteiger partial charge in [-0.15, -0.1) is 0 Å². The second-order valence-corrected chi connectivity index (χ2v) is 6.91. The van der Waals surface area contributed by atoms with E-state index < -0.39 is 5.97 Å². The number of carbonyl (C=O) groups is 2. The summed E-state index contributed by atoms with van der Waals surface area (Å²) in [6, 6.07) is 10.2. The quantitative estimate of drug-likeness (QED) is 0.708. The Hall–Kier alpha value is -2.08. The zero-order chi connectivity index (χ0) is 18.8. The van der Waals surface area contributed by atoms with Gasteiger partial charge in [-0.1, -0.05) is 30.3 Å². The van der Waals surface area contributed by atoms with Crippen molar-refractivity contribution in [2.24, 2.45) is 5.92 Å². The number of hydrogen-bond acceptors (Lipinski definition) is 3. The standard InChI is InChI=1S/C20H30N2O4/c1-26-15-14-22(13-5-8-16-6-3-2-4-7-16)20(25)21-18-11-9-17(10-12-18)19(23)24/h2-4,6-7,17-18H,5,8-15H2,1H3,(H,21,25)(H,23,24). The summed E-state index contributed by atoms with van der Waals surface area (Å²) in [5, 5.41) is 12.1. The third kappa shape index (κ3) is 6.67. The molecule has 1 fully saturated rings. The van der Waals surface area contributed by atoms with Gasteiger partial charge >= 0.3 is 12.0 Å². The molecule has 0 bridgehead atoms. The van der Waals surface area contributed by atoms with Crippen molar-refractivity contribution in [2.45, 2.75) is 44.6 Å². The lowest BCUT2D eigenvalue weighted by Crippen LogP contribution is -2.47. The number of aryl methyl sites for hydroxylation is 1. The van der Waals surface area contributed by atoms with Crippen LogP contribution in [0.2, 0.25) is 0 Å². The average molecular weight is 362 g/mol. The Morgan fingerprint density at radius 2 is 1.85 bits per heavy atom. The van der Waals surface area contributed by atoms with Crippen molar-refractivity contribution in [3.05, 3.63) is 35.9 Å². The number of carbonyl (C=O) groups excluding carboxylic acids is 1. The molecule has 1 saturated carbocycles. The minimum absolute atomic E-state index is 0.0669. The van der Waals surface area contributed by atoms with Gasteiger partial charge in [0.15, 0.2) is 0 Å². The van der Waals surface area contributed by atoms with Crippen LogP contribution in [0.1, 0.15) is 37.7 Å². The SMILES string of the molecule is COCCN(CCCc1ccccc1)C(=O)NC1CCC(C(=O)O)CC1. The van der Waals surface area contributed by atoms with Gasteiger partial charge in [0.25, 0.3) is 0 Å². The van der Waals surface area contributed by atoms with E-state index in [1.54, 1.807) is 12.0 Å². The first-order valence-electron chi connectivity index (χ1n) is 9.41. The lowest BCUT2D eigenvalue weighted by atomic mass is 9.86. The van der Waals surface area contributed by atoms with Crippen LogP contribution in [0.15, 0.2) is 30.3 Å². The highest BCUT2D eigenvalue weighted by molar-refractivity contribution is 5.74. The van der Waals surface area contributed by atoms with E-state index in [-0.39, 0.29) is 18.0 Å². The lowest BCUT2D eigenvalue weighted by Gasteiger charge is -2.30. The Kier molecular flexibility index (Phi) is 8.41. The molecule has 1 aliphatic carbocycles. The van der Waals surface area contributed by atoms with Gasteiger partial charge in [-0.05, 0) is 44.1 Å². The maximum absolute atomic E-state index is 12.6. The minimum Gasteiger partial charge on any atom is -0.481 e. The number of aliphatic carboxylic acids is 1. The lowest BCUT2D eigenvalue weighted by molar-refractivity contribution is -0.142. The number of nitrogens with one attached hydrogen (secondary N) is 1. The van der Waals surface area contributed by atoms with Crippen LogP contribution < -0.4 is 5.32 Å². The van der Waals surface area contributed by atoms with Crippen molar-refractivity contribution in [1.82, 2.24) is 10.2 Å². The van der Waals surface area contributed by atoms with Crippen LogP contribution >= 0.6 is 0 Å². The van der Waals surface area contributed by atoms with Crippen molar-refractivity contribution < 1.29 is 19.4 Å². The minimum atomic E-state index is -0.725. The molecule has 0 aliphatic heterocycles. The fourth-order valence-corrected chi connectivity index (χ4v) is 3.39. The molecule has 1 aliphatic rings. The predicted molar refractivity (Wildman–Crippen MR) is 100 cm³/mol. The molecular weight excluding hydrogens is 332 g/mol. The highest BCUT2D eigenvalue weighted by Crippen LogP contribution is 2.24. The summed E-state index contributed by atoms with van der Waals surface area (Å²) < 4.78 is 5.13. The van der Waals surface area contributed by atoms with Crippen LogP contribution in [0.3, 0.4) is 0 Å². The maximum Gasteiger partial charge on any atom is 0.317 e. The van der Waals surface area contributed by atoms with E-state index >= 15 is 0 Å². The van der Waals surface area contributed by atoms with Crippen molar-refractivity contribution in [1.29, 1.82) is 0 Å². The molecule has 0 heterocycles. The average Bonchev–Trinajstić information content (AvgIpc) is 2.65. The first kappa shape index (κ1) is 20.2. The van der Waals surface area contributed by atoms with Gasteiger partial charge in [0.1, 0.15) is 0 Å². The van der Waals surface area contributed by atoms with Gasteiger partial charge in [-0.25, -0.2) is 4.79 Å². The molecule has 1 aromatic carbocycles. The van der Waals surface area contributed by atoms with Crippen LogP contribution in [-0.4, -0.2) is 54.9 Å². The molecule has 6 nitrogen and oxygen atoms in total. The number of carboxylic acid groups (broad SMARTS) is 1. The highest BCUT2D eigenvalue weighted by atomic mass is 16.5. The predicted octanol–water partition coefficient (Wildman–Crippen LogP) is 2.92. The normalized spacial score (nSPS) is 19.7. The number of urea groups is 1. The highest BCUT2D eigenvalue weighted by Gasteiger charge is 2.27. The number of nitrogens with zero attached hydrogens (tertiary/aromatic N) is 1. The zero-order valence-electron chi connectivity index (χ0n) is 15.5. The van der Waals surface area contributed by atoms with Crippen LogP contribution in [0.5, 0.6) is 0 Å². The number of amides is 2. The largest absolute Gasteiger partial charge is 0.481 e. The fraction of sp³-hybridized carbons (Fsp3) is 0.600. The molecule has 2 rings (SSSR count). The first-order chi connectivity index (χ1) is 12.6. The van der Waals surface area contributed by atoms with E-state index in [2.05, 4.69) is 17.4 Å². The molecule has 144 valence electrons. The maximum atomic E-state index is 12.6. The van der Waals surface area contributed by atoms with Crippen LogP contribution in [0.25, 0.3) is 0 Å². The van der Waals surface area contributed by atoms with E-state index in [1.165, 1.54) is 5.56 Å². The van der Waals surface area contributed by atoms with Crippen LogP contribution in [0, 0.1) is 5.92 Å². The van der Waals surface area contributed by atoms with Gasteiger partial charge in [0.2, 0.25) is 0 Å².